The number of H-pyrrole nitrogens is 1. The van der Waals surface area contributed by atoms with Crippen molar-refractivity contribution in [1.82, 2.24) is 9.97 Å². The Kier molecular flexibility index (Phi) is 3.37. The van der Waals surface area contributed by atoms with Gasteiger partial charge in [-0.3, -0.25) is 9.78 Å². The van der Waals surface area contributed by atoms with Crippen LogP contribution >= 0.6 is 11.3 Å². The molecule has 1 amide bonds. The Labute approximate surface area is 130 Å². The number of aromatic amines is 1. The molecule has 3 aromatic rings. The average molecular weight is 317 g/mol. The summed E-state index contributed by atoms with van der Waals surface area (Å²) in [5.41, 5.74) is 2.20. The van der Waals surface area contributed by atoms with Crippen molar-refractivity contribution >= 4 is 33.5 Å². The summed E-state index contributed by atoms with van der Waals surface area (Å²) in [5, 5.41) is 5.20. The fourth-order valence-corrected chi connectivity index (χ4v) is 2.57. The van der Waals surface area contributed by atoms with E-state index in [-0.39, 0.29) is 5.91 Å². The number of hydrogen-bond acceptors (Lipinski definition) is 5. The van der Waals surface area contributed by atoms with Crippen molar-refractivity contribution < 1.29 is 9.21 Å². The predicted molar refractivity (Wildman–Crippen MR) is 86.0 cm³/mol. The number of anilines is 1. The second-order valence-electron chi connectivity index (χ2n) is 5.97. The molecule has 0 aliphatic carbocycles. The Morgan fingerprint density at radius 1 is 1.36 bits per heavy atom. The van der Waals surface area contributed by atoms with Crippen LogP contribution in [0.5, 0.6) is 0 Å². The summed E-state index contributed by atoms with van der Waals surface area (Å²) in [5.74, 6) is -0.566. The number of aromatic nitrogens is 2. The Morgan fingerprint density at radius 2 is 2.14 bits per heavy atom. The van der Waals surface area contributed by atoms with Crippen LogP contribution in [0.25, 0.3) is 22.4 Å². The van der Waals surface area contributed by atoms with E-state index in [0.29, 0.717) is 16.2 Å². The van der Waals surface area contributed by atoms with Crippen LogP contribution in [-0.4, -0.2) is 15.9 Å². The van der Waals surface area contributed by atoms with Crippen molar-refractivity contribution in [2.75, 3.05) is 5.32 Å². The molecule has 1 aromatic carbocycles. The van der Waals surface area contributed by atoms with Crippen LogP contribution in [0.4, 0.5) is 5.13 Å². The number of thiazole rings is 1. The normalized spacial score (nSPS) is 11.8. The first kappa shape index (κ1) is 14.5. The molecule has 0 atom stereocenters. The molecule has 0 saturated carbocycles. The number of carbonyl (C=O) groups is 1. The molecule has 6 nitrogen and oxygen atoms in total. The minimum atomic E-state index is -0.483. The maximum absolute atomic E-state index is 12.0. The van der Waals surface area contributed by atoms with Gasteiger partial charge in [-0.05, 0) is 12.1 Å². The van der Waals surface area contributed by atoms with Gasteiger partial charge in [-0.1, -0.05) is 26.8 Å². The number of benzene rings is 1. The molecule has 0 aliphatic rings. The van der Waals surface area contributed by atoms with Crippen molar-refractivity contribution in [2.24, 2.45) is 5.41 Å². The highest BCUT2D eigenvalue weighted by atomic mass is 32.1. The van der Waals surface area contributed by atoms with E-state index in [9.17, 15) is 9.59 Å². The number of rotatable bonds is 2. The van der Waals surface area contributed by atoms with Crippen LogP contribution in [0.2, 0.25) is 0 Å². The van der Waals surface area contributed by atoms with Crippen LogP contribution in [0.1, 0.15) is 20.8 Å². The SMILES string of the molecule is CC(C)(C)C(=O)Nc1nc(-c2ccc3[nH]c(=O)oc3c2)cs1. The summed E-state index contributed by atoms with van der Waals surface area (Å²) in [6, 6.07) is 5.36. The van der Waals surface area contributed by atoms with E-state index in [1.807, 2.05) is 32.2 Å². The first-order valence-electron chi connectivity index (χ1n) is 6.73. The van der Waals surface area contributed by atoms with Gasteiger partial charge in [0.2, 0.25) is 5.91 Å². The summed E-state index contributed by atoms with van der Waals surface area (Å²) < 4.78 is 5.04. The maximum atomic E-state index is 12.0. The van der Waals surface area contributed by atoms with E-state index >= 15 is 0 Å². The van der Waals surface area contributed by atoms with Crippen LogP contribution in [0, 0.1) is 5.41 Å². The lowest BCUT2D eigenvalue weighted by Gasteiger charge is -2.15. The first-order chi connectivity index (χ1) is 10.3. The van der Waals surface area contributed by atoms with Gasteiger partial charge in [0.25, 0.3) is 0 Å². The number of nitrogens with zero attached hydrogens (tertiary/aromatic N) is 1. The van der Waals surface area contributed by atoms with Crippen molar-refractivity contribution in [3.63, 3.8) is 0 Å². The number of nitrogens with one attached hydrogen (secondary N) is 2. The summed E-state index contributed by atoms with van der Waals surface area (Å²) in [6.45, 7) is 5.54. The molecule has 2 aromatic heterocycles. The van der Waals surface area contributed by atoms with Crippen LogP contribution in [0.15, 0.2) is 32.8 Å². The highest BCUT2D eigenvalue weighted by Crippen LogP contribution is 2.28. The molecule has 2 N–H and O–H groups in total. The Morgan fingerprint density at radius 3 is 2.86 bits per heavy atom. The average Bonchev–Trinajstić information content (AvgIpc) is 3.01. The van der Waals surface area contributed by atoms with E-state index in [1.54, 1.807) is 12.1 Å². The molecule has 0 fully saturated rings. The zero-order valence-corrected chi connectivity index (χ0v) is 13.2. The van der Waals surface area contributed by atoms with Gasteiger partial charge in [0.05, 0.1) is 11.2 Å². The molecular formula is C15H15N3O3S. The van der Waals surface area contributed by atoms with Gasteiger partial charge in [0.1, 0.15) is 0 Å². The maximum Gasteiger partial charge on any atom is 0.417 e. The fourth-order valence-electron chi connectivity index (χ4n) is 1.85. The smallest absolute Gasteiger partial charge is 0.408 e. The Balaban J connectivity index is 1.88. The van der Waals surface area contributed by atoms with E-state index in [1.165, 1.54) is 11.3 Å². The van der Waals surface area contributed by atoms with Gasteiger partial charge in [0.15, 0.2) is 10.7 Å². The van der Waals surface area contributed by atoms with E-state index < -0.39 is 11.2 Å². The lowest BCUT2D eigenvalue weighted by Crippen LogP contribution is -2.27. The first-order valence-corrected chi connectivity index (χ1v) is 7.61. The third kappa shape index (κ3) is 2.80. The number of fused-ring (bicyclic) bond motifs is 1. The van der Waals surface area contributed by atoms with Gasteiger partial charge in [-0.25, -0.2) is 9.78 Å². The lowest BCUT2D eigenvalue weighted by molar-refractivity contribution is -0.123. The van der Waals surface area contributed by atoms with Crippen molar-refractivity contribution in [3.05, 3.63) is 34.1 Å². The molecule has 0 unspecified atom stereocenters. The predicted octanol–water partition coefficient (Wildman–Crippen LogP) is 3.23. The van der Waals surface area contributed by atoms with E-state index in [4.69, 9.17) is 4.42 Å². The minimum Gasteiger partial charge on any atom is -0.408 e. The van der Waals surface area contributed by atoms with Crippen molar-refractivity contribution in [2.45, 2.75) is 20.8 Å². The van der Waals surface area contributed by atoms with Crippen molar-refractivity contribution in [1.29, 1.82) is 0 Å². The van der Waals surface area contributed by atoms with Gasteiger partial charge >= 0.3 is 5.76 Å². The largest absolute Gasteiger partial charge is 0.417 e. The van der Waals surface area contributed by atoms with E-state index in [0.717, 1.165) is 11.3 Å². The second kappa shape index (κ2) is 5.10. The summed E-state index contributed by atoms with van der Waals surface area (Å²) in [7, 11) is 0. The zero-order valence-electron chi connectivity index (χ0n) is 12.4. The topological polar surface area (TPSA) is 88.0 Å². The highest BCUT2D eigenvalue weighted by molar-refractivity contribution is 7.14. The highest BCUT2D eigenvalue weighted by Gasteiger charge is 2.22. The van der Waals surface area contributed by atoms with Gasteiger partial charge in [0, 0.05) is 16.4 Å². The standard InChI is InChI=1S/C15H15N3O3S/c1-15(2,3)12(19)18-13-16-10(7-22-13)8-4-5-9-11(6-8)21-14(20)17-9/h4-7H,1-3H3,(H,17,20)(H,16,18,19). The molecule has 7 heteroatoms. The molecule has 114 valence electrons. The summed E-state index contributed by atoms with van der Waals surface area (Å²) >= 11 is 1.36. The van der Waals surface area contributed by atoms with Crippen LogP contribution in [0.3, 0.4) is 0 Å². The summed E-state index contributed by atoms with van der Waals surface area (Å²) in [6.07, 6.45) is 0. The number of carbonyl (C=O) groups excluding carboxylic acids is 1. The van der Waals surface area contributed by atoms with Gasteiger partial charge < -0.3 is 9.73 Å². The Hall–Kier alpha value is -2.41. The summed E-state index contributed by atoms with van der Waals surface area (Å²) in [4.78, 5) is 30.1. The molecular weight excluding hydrogens is 302 g/mol. The van der Waals surface area contributed by atoms with Crippen molar-refractivity contribution in [3.8, 4) is 11.3 Å². The third-order valence-corrected chi connectivity index (χ3v) is 3.88. The molecule has 0 spiro atoms. The fraction of sp³-hybridized carbons (Fsp3) is 0.267. The molecule has 0 aliphatic heterocycles. The molecule has 0 radical (unpaired) electrons. The quantitative estimate of drug-likeness (QED) is 0.759. The molecule has 3 rings (SSSR count). The van der Waals surface area contributed by atoms with Gasteiger partial charge in [-0.15, -0.1) is 11.3 Å². The molecule has 0 bridgehead atoms. The van der Waals surface area contributed by atoms with Crippen LogP contribution in [-0.2, 0) is 4.79 Å². The molecule has 22 heavy (non-hydrogen) atoms. The third-order valence-electron chi connectivity index (χ3n) is 3.12. The number of amides is 1. The van der Waals surface area contributed by atoms with E-state index in [2.05, 4.69) is 15.3 Å². The van der Waals surface area contributed by atoms with Crippen LogP contribution < -0.4 is 11.1 Å². The lowest BCUT2D eigenvalue weighted by atomic mass is 9.96. The Bertz CT molecular complexity index is 899. The zero-order chi connectivity index (χ0) is 15.9. The number of oxazole rings is 1. The number of hydrogen-bond donors (Lipinski definition) is 2. The minimum absolute atomic E-state index is 0.0829. The molecule has 0 saturated heterocycles. The monoisotopic (exact) mass is 317 g/mol. The van der Waals surface area contributed by atoms with Gasteiger partial charge in [-0.2, -0.15) is 0 Å². The second-order valence-corrected chi connectivity index (χ2v) is 6.83. The molecule has 2 heterocycles.